The molecule has 1 amide bonds. The largest absolute Gasteiger partial charge is 0.349 e. The van der Waals surface area contributed by atoms with Crippen molar-refractivity contribution in [1.82, 2.24) is 5.32 Å². The maximum absolute atomic E-state index is 13.0. The van der Waals surface area contributed by atoms with E-state index in [9.17, 15) is 13.2 Å². The summed E-state index contributed by atoms with van der Waals surface area (Å²) in [7, 11) is -3.63. The molecule has 0 saturated heterocycles. The van der Waals surface area contributed by atoms with Gasteiger partial charge in [-0.25, -0.2) is 8.42 Å². The summed E-state index contributed by atoms with van der Waals surface area (Å²) < 4.78 is 27.6. The monoisotopic (exact) mass is 356 g/mol. The molecular formula is C19H20N2O3S. The summed E-state index contributed by atoms with van der Waals surface area (Å²) in [5.41, 5.74) is 2.30. The smallest absolute Gasteiger partial charge is 0.264 e. The number of sulfonamides is 1. The summed E-state index contributed by atoms with van der Waals surface area (Å²) in [5, 5.41) is 2.91. The first-order valence-electron chi connectivity index (χ1n) is 8.57. The van der Waals surface area contributed by atoms with E-state index in [-0.39, 0.29) is 16.8 Å². The summed E-state index contributed by atoms with van der Waals surface area (Å²) in [4.78, 5) is 12.3. The first-order chi connectivity index (χ1) is 12.1. The van der Waals surface area contributed by atoms with Gasteiger partial charge in [0.1, 0.15) is 0 Å². The summed E-state index contributed by atoms with van der Waals surface area (Å²) in [5.74, 6) is -0.144. The standard InChI is InChI=1S/C19H20N2O3S/c22-19(20-16-9-10-16)15-7-11-17(12-8-15)25(23,24)21-13-3-5-14-4-1-2-6-18(14)21/h1-2,4,6-8,11-12,16H,3,5,9-10,13H2,(H,20,22). The third-order valence-corrected chi connectivity index (χ3v) is 6.51. The zero-order valence-electron chi connectivity index (χ0n) is 13.8. The molecule has 0 aromatic heterocycles. The van der Waals surface area contributed by atoms with Gasteiger partial charge in [-0.1, -0.05) is 18.2 Å². The zero-order chi connectivity index (χ0) is 17.4. The molecule has 2 aromatic carbocycles. The number of benzene rings is 2. The predicted octanol–water partition coefficient (Wildman–Crippen LogP) is 2.72. The minimum Gasteiger partial charge on any atom is -0.349 e. The fourth-order valence-corrected chi connectivity index (χ4v) is 4.69. The van der Waals surface area contributed by atoms with E-state index in [1.165, 1.54) is 16.4 Å². The van der Waals surface area contributed by atoms with Crippen molar-refractivity contribution in [2.45, 2.75) is 36.6 Å². The van der Waals surface area contributed by atoms with Crippen LogP contribution in [0.1, 0.15) is 35.2 Å². The molecule has 0 unspecified atom stereocenters. The van der Waals surface area contributed by atoms with Gasteiger partial charge in [-0.15, -0.1) is 0 Å². The van der Waals surface area contributed by atoms with Gasteiger partial charge in [0.25, 0.3) is 15.9 Å². The summed E-state index contributed by atoms with van der Waals surface area (Å²) >= 11 is 0. The fraction of sp³-hybridized carbons (Fsp3) is 0.316. The Bertz CT molecular complexity index is 903. The minimum absolute atomic E-state index is 0.144. The number of para-hydroxylation sites is 1. The van der Waals surface area contributed by atoms with Crippen LogP contribution in [0, 0.1) is 0 Å². The molecule has 1 aliphatic heterocycles. The highest BCUT2D eigenvalue weighted by atomic mass is 32.2. The highest BCUT2D eigenvalue weighted by Gasteiger charge is 2.29. The fourth-order valence-electron chi connectivity index (χ4n) is 3.15. The molecule has 0 radical (unpaired) electrons. The van der Waals surface area contributed by atoms with Crippen molar-refractivity contribution in [3.63, 3.8) is 0 Å². The van der Waals surface area contributed by atoms with Crippen molar-refractivity contribution in [1.29, 1.82) is 0 Å². The Morgan fingerprint density at radius 3 is 2.48 bits per heavy atom. The zero-order valence-corrected chi connectivity index (χ0v) is 14.6. The Hall–Kier alpha value is -2.34. The van der Waals surface area contributed by atoms with Crippen molar-refractivity contribution in [2.75, 3.05) is 10.8 Å². The molecule has 0 bridgehead atoms. The maximum Gasteiger partial charge on any atom is 0.264 e. The molecule has 6 heteroatoms. The van der Waals surface area contributed by atoms with Crippen LogP contribution in [0.2, 0.25) is 0 Å². The minimum atomic E-state index is -3.63. The molecule has 0 spiro atoms. The van der Waals surface area contributed by atoms with E-state index >= 15 is 0 Å². The highest BCUT2D eigenvalue weighted by Crippen LogP contribution is 2.31. The highest BCUT2D eigenvalue weighted by molar-refractivity contribution is 7.92. The quantitative estimate of drug-likeness (QED) is 0.916. The lowest BCUT2D eigenvalue weighted by atomic mass is 10.0. The molecule has 1 aliphatic carbocycles. The van der Waals surface area contributed by atoms with Crippen LogP contribution in [0.5, 0.6) is 0 Å². The van der Waals surface area contributed by atoms with Crippen molar-refractivity contribution in [3.8, 4) is 0 Å². The molecule has 4 rings (SSSR count). The van der Waals surface area contributed by atoms with E-state index in [0.717, 1.165) is 36.9 Å². The number of aryl methyl sites for hydroxylation is 1. The lowest BCUT2D eigenvalue weighted by molar-refractivity contribution is 0.0951. The summed E-state index contributed by atoms with van der Waals surface area (Å²) in [6.45, 7) is 0.475. The van der Waals surface area contributed by atoms with Crippen LogP contribution in [0.15, 0.2) is 53.4 Å². The molecular weight excluding hydrogens is 336 g/mol. The lowest BCUT2D eigenvalue weighted by Crippen LogP contribution is -2.35. The van der Waals surface area contributed by atoms with Crippen molar-refractivity contribution in [3.05, 3.63) is 59.7 Å². The van der Waals surface area contributed by atoms with Gasteiger partial charge in [0, 0.05) is 18.2 Å². The number of hydrogen-bond donors (Lipinski definition) is 1. The molecule has 5 nitrogen and oxygen atoms in total. The molecule has 1 N–H and O–H groups in total. The topological polar surface area (TPSA) is 66.5 Å². The van der Waals surface area contributed by atoms with Gasteiger partial charge in [0.15, 0.2) is 0 Å². The number of nitrogens with one attached hydrogen (secondary N) is 1. The Morgan fingerprint density at radius 2 is 1.76 bits per heavy atom. The molecule has 2 aromatic rings. The number of hydrogen-bond acceptors (Lipinski definition) is 3. The van der Waals surface area contributed by atoms with Crippen LogP contribution >= 0.6 is 0 Å². The second-order valence-electron chi connectivity index (χ2n) is 6.58. The summed E-state index contributed by atoms with van der Waals surface area (Å²) in [6, 6.07) is 14.1. The first kappa shape index (κ1) is 16.1. The Balaban J connectivity index is 1.61. The van der Waals surface area contributed by atoms with E-state index < -0.39 is 10.0 Å². The third kappa shape index (κ3) is 3.14. The van der Waals surface area contributed by atoms with Crippen molar-refractivity contribution in [2.24, 2.45) is 0 Å². The number of anilines is 1. The average molecular weight is 356 g/mol. The molecule has 1 heterocycles. The Kier molecular flexibility index (Phi) is 4.00. The van der Waals surface area contributed by atoms with Crippen LogP contribution in [-0.4, -0.2) is 26.9 Å². The number of carbonyl (C=O) groups excluding carboxylic acids is 1. The number of rotatable bonds is 4. The number of amides is 1. The Labute approximate surface area is 147 Å². The molecule has 1 saturated carbocycles. The maximum atomic E-state index is 13.0. The third-order valence-electron chi connectivity index (χ3n) is 4.68. The molecule has 1 fully saturated rings. The average Bonchev–Trinajstić information content (AvgIpc) is 3.45. The van der Waals surface area contributed by atoms with Gasteiger partial charge in [-0.05, 0) is 61.6 Å². The van der Waals surface area contributed by atoms with Gasteiger partial charge in [-0.2, -0.15) is 0 Å². The van der Waals surface area contributed by atoms with Gasteiger partial charge < -0.3 is 5.32 Å². The second kappa shape index (κ2) is 6.19. The van der Waals surface area contributed by atoms with Crippen LogP contribution in [0.25, 0.3) is 0 Å². The van der Waals surface area contributed by atoms with E-state index in [1.807, 2.05) is 24.3 Å². The molecule has 2 aliphatic rings. The van der Waals surface area contributed by atoms with Crippen molar-refractivity contribution < 1.29 is 13.2 Å². The number of nitrogens with zero attached hydrogens (tertiary/aromatic N) is 1. The Morgan fingerprint density at radius 1 is 1.04 bits per heavy atom. The van der Waals surface area contributed by atoms with E-state index in [1.54, 1.807) is 12.1 Å². The van der Waals surface area contributed by atoms with Crippen LogP contribution in [0.3, 0.4) is 0 Å². The summed E-state index contributed by atoms with van der Waals surface area (Å²) in [6.07, 6.45) is 3.74. The molecule has 0 atom stereocenters. The number of fused-ring (bicyclic) bond motifs is 1. The van der Waals surface area contributed by atoms with E-state index in [2.05, 4.69) is 5.32 Å². The second-order valence-corrected chi connectivity index (χ2v) is 8.44. The molecule has 130 valence electrons. The van der Waals surface area contributed by atoms with Crippen molar-refractivity contribution >= 4 is 21.6 Å². The molecule has 25 heavy (non-hydrogen) atoms. The van der Waals surface area contributed by atoms with Gasteiger partial charge in [0.2, 0.25) is 0 Å². The van der Waals surface area contributed by atoms with Gasteiger partial charge >= 0.3 is 0 Å². The predicted molar refractivity (Wildman–Crippen MR) is 96.2 cm³/mol. The van der Waals surface area contributed by atoms with E-state index in [4.69, 9.17) is 0 Å². The van der Waals surface area contributed by atoms with E-state index in [0.29, 0.717) is 12.1 Å². The first-order valence-corrected chi connectivity index (χ1v) is 10.0. The van der Waals surface area contributed by atoms with Crippen LogP contribution < -0.4 is 9.62 Å². The van der Waals surface area contributed by atoms with Gasteiger partial charge in [-0.3, -0.25) is 9.10 Å². The van der Waals surface area contributed by atoms with Gasteiger partial charge in [0.05, 0.1) is 10.6 Å². The van der Waals surface area contributed by atoms with Crippen LogP contribution in [-0.2, 0) is 16.4 Å². The van der Waals surface area contributed by atoms with Crippen LogP contribution in [0.4, 0.5) is 5.69 Å². The number of carbonyl (C=O) groups is 1. The normalized spacial score (nSPS) is 17.0. The lowest BCUT2D eigenvalue weighted by Gasteiger charge is -2.30. The SMILES string of the molecule is O=C(NC1CC1)c1ccc(S(=O)(=O)N2CCCc3ccccc32)cc1.